The Morgan fingerprint density at radius 1 is 1.33 bits per heavy atom. The van der Waals surface area contributed by atoms with Crippen LogP contribution in [0.5, 0.6) is 5.75 Å². The second-order valence-electron chi connectivity index (χ2n) is 5.54. The molecular formula is C17H20ClNOS. The SMILES string of the molecule is COc1ccc([C@@H](C)NC2CCCc3sc(Cl)cc32)cc1. The Morgan fingerprint density at radius 3 is 2.81 bits per heavy atom. The van der Waals surface area contributed by atoms with Crippen molar-refractivity contribution < 1.29 is 4.74 Å². The summed E-state index contributed by atoms with van der Waals surface area (Å²) in [6, 6.07) is 11.1. The summed E-state index contributed by atoms with van der Waals surface area (Å²) in [4.78, 5) is 1.45. The highest BCUT2D eigenvalue weighted by molar-refractivity contribution is 7.16. The number of thiophene rings is 1. The van der Waals surface area contributed by atoms with E-state index in [-0.39, 0.29) is 0 Å². The van der Waals surface area contributed by atoms with Gasteiger partial charge >= 0.3 is 0 Å². The van der Waals surface area contributed by atoms with Crippen LogP contribution in [0.25, 0.3) is 0 Å². The first-order valence-corrected chi connectivity index (χ1v) is 8.55. The van der Waals surface area contributed by atoms with Gasteiger partial charge in [-0.15, -0.1) is 11.3 Å². The van der Waals surface area contributed by atoms with Crippen LogP contribution >= 0.6 is 22.9 Å². The first kappa shape index (κ1) is 14.9. The van der Waals surface area contributed by atoms with Gasteiger partial charge in [0.2, 0.25) is 0 Å². The van der Waals surface area contributed by atoms with Crippen LogP contribution in [0.3, 0.4) is 0 Å². The summed E-state index contributed by atoms with van der Waals surface area (Å²) in [6.45, 7) is 2.21. The van der Waals surface area contributed by atoms with Crippen LogP contribution in [-0.4, -0.2) is 7.11 Å². The summed E-state index contributed by atoms with van der Waals surface area (Å²) < 4.78 is 6.12. The number of hydrogen-bond donors (Lipinski definition) is 1. The van der Waals surface area contributed by atoms with Gasteiger partial charge in [0.1, 0.15) is 5.75 Å². The molecule has 2 nitrogen and oxygen atoms in total. The lowest BCUT2D eigenvalue weighted by Crippen LogP contribution is -2.27. The molecular weight excluding hydrogens is 302 g/mol. The van der Waals surface area contributed by atoms with Crippen LogP contribution in [0.15, 0.2) is 30.3 Å². The van der Waals surface area contributed by atoms with Crippen molar-refractivity contribution >= 4 is 22.9 Å². The molecule has 3 rings (SSSR count). The fraction of sp³-hybridized carbons (Fsp3) is 0.412. The molecule has 0 fully saturated rings. The minimum Gasteiger partial charge on any atom is -0.497 e. The molecule has 0 radical (unpaired) electrons. The molecule has 1 unspecified atom stereocenters. The molecule has 0 saturated carbocycles. The standard InChI is InChI=1S/C17H20ClNOS/c1-11(12-6-8-13(20-2)9-7-12)19-15-4-3-5-16-14(15)10-17(18)21-16/h6-11,15,19H,3-5H2,1-2H3/t11-,15?/m1/s1. The van der Waals surface area contributed by atoms with Gasteiger partial charge in [0.25, 0.3) is 0 Å². The van der Waals surface area contributed by atoms with Crippen LogP contribution in [0.4, 0.5) is 0 Å². The van der Waals surface area contributed by atoms with Crippen molar-refractivity contribution in [2.45, 2.75) is 38.3 Å². The van der Waals surface area contributed by atoms with Crippen LogP contribution in [-0.2, 0) is 6.42 Å². The summed E-state index contributed by atoms with van der Waals surface area (Å²) in [6.07, 6.45) is 3.58. The van der Waals surface area contributed by atoms with Crippen molar-refractivity contribution in [3.63, 3.8) is 0 Å². The first-order valence-electron chi connectivity index (χ1n) is 7.35. The van der Waals surface area contributed by atoms with Crippen LogP contribution in [0.2, 0.25) is 4.34 Å². The van der Waals surface area contributed by atoms with E-state index in [2.05, 4.69) is 30.4 Å². The van der Waals surface area contributed by atoms with Crippen LogP contribution < -0.4 is 10.1 Å². The number of aryl methyl sites for hydroxylation is 1. The molecule has 2 aromatic rings. The fourth-order valence-electron chi connectivity index (χ4n) is 2.99. The second-order valence-corrected chi connectivity index (χ2v) is 7.30. The zero-order valence-electron chi connectivity index (χ0n) is 12.4. The maximum Gasteiger partial charge on any atom is 0.118 e. The zero-order chi connectivity index (χ0) is 14.8. The molecule has 2 atom stereocenters. The van der Waals surface area contributed by atoms with Crippen molar-refractivity contribution in [2.24, 2.45) is 0 Å². The van der Waals surface area contributed by atoms with E-state index < -0.39 is 0 Å². The Bertz CT molecular complexity index is 608. The summed E-state index contributed by atoms with van der Waals surface area (Å²) >= 11 is 7.91. The average Bonchev–Trinajstić information content (AvgIpc) is 2.88. The number of halogens is 1. The lowest BCUT2D eigenvalue weighted by atomic mass is 9.93. The van der Waals surface area contributed by atoms with Gasteiger partial charge < -0.3 is 10.1 Å². The van der Waals surface area contributed by atoms with Gasteiger partial charge in [0.05, 0.1) is 11.4 Å². The van der Waals surface area contributed by atoms with E-state index in [0.29, 0.717) is 12.1 Å². The molecule has 0 spiro atoms. The summed E-state index contributed by atoms with van der Waals surface area (Å²) in [7, 11) is 1.69. The number of benzene rings is 1. The van der Waals surface area contributed by atoms with E-state index in [0.717, 1.165) is 10.1 Å². The Kier molecular flexibility index (Phi) is 4.53. The summed E-state index contributed by atoms with van der Waals surface area (Å²) in [5, 5.41) is 3.75. The van der Waals surface area contributed by atoms with Gasteiger partial charge in [0, 0.05) is 17.0 Å². The zero-order valence-corrected chi connectivity index (χ0v) is 13.9. The normalized spacial score (nSPS) is 19.1. The largest absolute Gasteiger partial charge is 0.497 e. The first-order chi connectivity index (χ1) is 10.2. The van der Waals surface area contributed by atoms with E-state index in [4.69, 9.17) is 16.3 Å². The van der Waals surface area contributed by atoms with Gasteiger partial charge in [-0.1, -0.05) is 23.7 Å². The minimum atomic E-state index is 0.311. The molecule has 0 saturated heterocycles. The number of rotatable bonds is 4. The number of hydrogen-bond acceptors (Lipinski definition) is 3. The summed E-state index contributed by atoms with van der Waals surface area (Å²) in [5.41, 5.74) is 2.68. The number of nitrogens with one attached hydrogen (secondary N) is 1. The average molecular weight is 322 g/mol. The molecule has 1 heterocycles. The summed E-state index contributed by atoms with van der Waals surface area (Å²) in [5.74, 6) is 0.899. The lowest BCUT2D eigenvalue weighted by Gasteiger charge is -2.27. The predicted molar refractivity (Wildman–Crippen MR) is 89.6 cm³/mol. The molecule has 1 N–H and O–H groups in total. The Labute approximate surface area is 135 Å². The van der Waals surface area contributed by atoms with Crippen LogP contribution in [0, 0.1) is 0 Å². The third-order valence-electron chi connectivity index (χ3n) is 4.15. The van der Waals surface area contributed by atoms with Gasteiger partial charge in [-0.05, 0) is 55.5 Å². The smallest absolute Gasteiger partial charge is 0.118 e. The third-order valence-corrected chi connectivity index (χ3v) is 5.49. The van der Waals surface area contributed by atoms with Crippen molar-refractivity contribution in [2.75, 3.05) is 7.11 Å². The third kappa shape index (κ3) is 3.25. The van der Waals surface area contributed by atoms with Crippen LogP contribution in [0.1, 0.15) is 47.9 Å². The topological polar surface area (TPSA) is 21.3 Å². The maximum atomic E-state index is 6.18. The van der Waals surface area contributed by atoms with E-state index in [1.807, 2.05) is 12.1 Å². The molecule has 21 heavy (non-hydrogen) atoms. The molecule has 1 aliphatic carbocycles. The van der Waals surface area contributed by atoms with E-state index in [1.165, 1.54) is 35.3 Å². The monoisotopic (exact) mass is 321 g/mol. The molecule has 0 aliphatic heterocycles. The quantitative estimate of drug-likeness (QED) is 0.842. The molecule has 4 heteroatoms. The van der Waals surface area contributed by atoms with Gasteiger partial charge in [-0.25, -0.2) is 0 Å². The van der Waals surface area contributed by atoms with E-state index in [1.54, 1.807) is 18.4 Å². The minimum absolute atomic E-state index is 0.311. The Hall–Kier alpha value is -1.03. The lowest BCUT2D eigenvalue weighted by molar-refractivity contribution is 0.410. The van der Waals surface area contributed by atoms with E-state index in [9.17, 15) is 0 Å². The molecule has 1 aromatic heterocycles. The van der Waals surface area contributed by atoms with Crippen molar-refractivity contribution in [3.05, 3.63) is 50.7 Å². The van der Waals surface area contributed by atoms with Crippen molar-refractivity contribution in [1.29, 1.82) is 0 Å². The van der Waals surface area contributed by atoms with Gasteiger partial charge in [-0.3, -0.25) is 0 Å². The second kappa shape index (κ2) is 6.39. The maximum absolute atomic E-state index is 6.18. The molecule has 1 aromatic carbocycles. The number of methoxy groups -OCH3 is 1. The van der Waals surface area contributed by atoms with Gasteiger partial charge in [0.15, 0.2) is 0 Å². The van der Waals surface area contributed by atoms with Gasteiger partial charge in [-0.2, -0.15) is 0 Å². The Morgan fingerprint density at radius 2 is 2.10 bits per heavy atom. The molecule has 112 valence electrons. The van der Waals surface area contributed by atoms with Crippen molar-refractivity contribution in [1.82, 2.24) is 5.32 Å². The van der Waals surface area contributed by atoms with E-state index >= 15 is 0 Å². The number of fused-ring (bicyclic) bond motifs is 1. The predicted octanol–water partition coefficient (Wildman–Crippen LogP) is 5.14. The highest BCUT2D eigenvalue weighted by Gasteiger charge is 2.24. The highest BCUT2D eigenvalue weighted by atomic mass is 35.5. The molecule has 0 amide bonds. The highest BCUT2D eigenvalue weighted by Crippen LogP contribution is 2.38. The molecule has 0 bridgehead atoms. The van der Waals surface area contributed by atoms with Crippen molar-refractivity contribution in [3.8, 4) is 5.75 Å². The Balaban J connectivity index is 1.74. The number of ether oxygens (including phenoxy) is 1. The fourth-order valence-corrected chi connectivity index (χ4v) is 4.37. The molecule has 1 aliphatic rings.